The van der Waals surface area contributed by atoms with Crippen LogP contribution in [0.25, 0.3) is 6.08 Å². The summed E-state index contributed by atoms with van der Waals surface area (Å²) in [6.07, 6.45) is 8.69. The molecule has 0 saturated carbocycles. The van der Waals surface area contributed by atoms with Gasteiger partial charge in [-0.15, -0.1) is 0 Å². The van der Waals surface area contributed by atoms with Gasteiger partial charge >= 0.3 is 5.97 Å². The summed E-state index contributed by atoms with van der Waals surface area (Å²) >= 11 is 6.81. The first-order chi connectivity index (χ1) is 18.3. The lowest BCUT2D eigenvalue weighted by Gasteiger charge is -2.36. The molecule has 0 radical (unpaired) electrons. The zero-order chi connectivity index (χ0) is 27.8. The summed E-state index contributed by atoms with van der Waals surface area (Å²) < 4.78 is 7.39. The Bertz CT molecular complexity index is 1200. The van der Waals surface area contributed by atoms with E-state index in [1.54, 1.807) is 29.4 Å². The van der Waals surface area contributed by atoms with Crippen LogP contribution in [0.15, 0.2) is 9.70 Å². The fourth-order valence-electron chi connectivity index (χ4n) is 5.10. The van der Waals surface area contributed by atoms with Crippen molar-refractivity contribution in [2.45, 2.75) is 79.2 Å². The number of pyridine rings is 1. The van der Waals surface area contributed by atoms with Crippen molar-refractivity contribution in [2.75, 3.05) is 31.1 Å². The summed E-state index contributed by atoms with van der Waals surface area (Å²) in [6.45, 7) is 9.87. The SMILES string of the molecule is CCCCCCCN1C(=O)C(=Cc2c(C)c(C#N)c(=O)n(CC)c2N2CCCC(C(=O)OCC)C2)SC1=S. The molecule has 38 heavy (non-hydrogen) atoms. The highest BCUT2D eigenvalue weighted by Gasteiger charge is 2.34. The molecule has 0 aromatic carbocycles. The fourth-order valence-corrected chi connectivity index (χ4v) is 6.39. The number of nitriles is 1. The van der Waals surface area contributed by atoms with Crippen molar-refractivity contribution in [3.05, 3.63) is 31.9 Å². The van der Waals surface area contributed by atoms with Crippen LogP contribution in [0.2, 0.25) is 0 Å². The Morgan fingerprint density at radius 2 is 1.95 bits per heavy atom. The number of carbonyl (C=O) groups is 2. The zero-order valence-corrected chi connectivity index (χ0v) is 24.5. The van der Waals surface area contributed by atoms with Gasteiger partial charge in [0, 0.05) is 31.7 Å². The number of anilines is 1. The fraction of sp³-hybridized carbons (Fsp3) is 0.607. The third-order valence-electron chi connectivity index (χ3n) is 7.14. The minimum atomic E-state index is -0.363. The molecule has 1 atom stereocenters. The number of nitrogens with zero attached hydrogens (tertiary/aromatic N) is 4. The number of thioether (sulfide) groups is 1. The van der Waals surface area contributed by atoms with Crippen LogP contribution in [0.4, 0.5) is 5.82 Å². The van der Waals surface area contributed by atoms with Crippen molar-refractivity contribution in [1.29, 1.82) is 5.26 Å². The van der Waals surface area contributed by atoms with Crippen LogP contribution < -0.4 is 10.5 Å². The second-order valence-electron chi connectivity index (χ2n) is 9.68. The van der Waals surface area contributed by atoms with Crippen molar-refractivity contribution < 1.29 is 14.3 Å². The number of hydrogen-bond donors (Lipinski definition) is 0. The largest absolute Gasteiger partial charge is 0.466 e. The van der Waals surface area contributed by atoms with Crippen LogP contribution in [0.3, 0.4) is 0 Å². The Morgan fingerprint density at radius 1 is 1.21 bits per heavy atom. The highest BCUT2D eigenvalue weighted by molar-refractivity contribution is 8.26. The topological polar surface area (TPSA) is 95.6 Å². The molecule has 206 valence electrons. The van der Waals surface area contributed by atoms with Crippen LogP contribution in [0, 0.1) is 24.2 Å². The lowest BCUT2D eigenvalue weighted by molar-refractivity contribution is -0.148. The van der Waals surface area contributed by atoms with Gasteiger partial charge in [0.05, 0.1) is 17.4 Å². The van der Waals surface area contributed by atoms with E-state index in [1.807, 2.05) is 11.8 Å². The first-order valence-electron chi connectivity index (χ1n) is 13.6. The maximum absolute atomic E-state index is 13.4. The number of esters is 1. The molecule has 0 spiro atoms. The molecule has 1 unspecified atom stereocenters. The molecule has 1 amide bonds. The second-order valence-corrected chi connectivity index (χ2v) is 11.4. The smallest absolute Gasteiger partial charge is 0.310 e. The Hall–Kier alpha value is -2.64. The summed E-state index contributed by atoms with van der Waals surface area (Å²) in [5, 5.41) is 9.81. The molecular formula is C28H38N4O4S2. The number of carbonyl (C=O) groups excluding carboxylic acids is 2. The monoisotopic (exact) mass is 558 g/mol. The Kier molecular flexibility index (Phi) is 11.0. The summed E-state index contributed by atoms with van der Waals surface area (Å²) in [7, 11) is 0. The number of rotatable bonds is 11. The molecule has 0 N–H and O–H groups in total. The number of amides is 1. The van der Waals surface area contributed by atoms with E-state index in [2.05, 4.69) is 13.0 Å². The minimum Gasteiger partial charge on any atom is -0.466 e. The van der Waals surface area contributed by atoms with Crippen LogP contribution >= 0.6 is 24.0 Å². The molecular weight excluding hydrogens is 520 g/mol. The average molecular weight is 559 g/mol. The van der Waals surface area contributed by atoms with Gasteiger partial charge in [-0.1, -0.05) is 56.6 Å². The van der Waals surface area contributed by atoms with E-state index in [-0.39, 0.29) is 28.9 Å². The van der Waals surface area contributed by atoms with E-state index in [1.165, 1.54) is 18.2 Å². The molecule has 2 saturated heterocycles. The number of hydrogen-bond acceptors (Lipinski definition) is 8. The molecule has 1 aromatic rings. The van der Waals surface area contributed by atoms with E-state index < -0.39 is 0 Å². The number of unbranched alkanes of at least 4 members (excludes halogenated alkanes) is 4. The summed E-state index contributed by atoms with van der Waals surface area (Å²) in [6, 6.07) is 2.07. The van der Waals surface area contributed by atoms with Gasteiger partial charge in [0.25, 0.3) is 11.5 Å². The Labute approximate surface area is 235 Å². The maximum atomic E-state index is 13.4. The molecule has 3 heterocycles. The number of ether oxygens (including phenoxy) is 1. The van der Waals surface area contributed by atoms with E-state index in [0.29, 0.717) is 65.4 Å². The van der Waals surface area contributed by atoms with E-state index in [0.717, 1.165) is 32.1 Å². The molecule has 8 nitrogen and oxygen atoms in total. The number of piperidine rings is 1. The van der Waals surface area contributed by atoms with Crippen LogP contribution in [-0.4, -0.2) is 51.9 Å². The van der Waals surface area contributed by atoms with Crippen molar-refractivity contribution in [3.8, 4) is 6.07 Å². The van der Waals surface area contributed by atoms with Gasteiger partial charge in [-0.2, -0.15) is 5.26 Å². The summed E-state index contributed by atoms with van der Waals surface area (Å²) in [4.78, 5) is 43.4. The molecule has 1 aromatic heterocycles. The average Bonchev–Trinajstić information content (AvgIpc) is 3.17. The number of aromatic nitrogens is 1. The van der Waals surface area contributed by atoms with Gasteiger partial charge in [0.1, 0.15) is 21.8 Å². The standard InChI is InChI=1S/C28H38N4O4S2/c1-5-8-9-10-11-15-32-26(34)23(38-28(32)37)16-21-19(4)22(17-29)25(33)31(6-2)24(21)30-14-12-13-20(18-30)27(35)36-7-3/h16,20H,5-15,18H2,1-4H3. The van der Waals surface area contributed by atoms with Crippen molar-refractivity contribution in [2.24, 2.45) is 5.92 Å². The van der Waals surface area contributed by atoms with Gasteiger partial charge in [-0.25, -0.2) is 0 Å². The minimum absolute atomic E-state index is 0.0622. The van der Waals surface area contributed by atoms with E-state index in [9.17, 15) is 19.6 Å². The van der Waals surface area contributed by atoms with Crippen LogP contribution in [-0.2, 0) is 20.9 Å². The first-order valence-corrected chi connectivity index (χ1v) is 14.9. The van der Waals surface area contributed by atoms with Gasteiger partial charge < -0.3 is 9.64 Å². The van der Waals surface area contributed by atoms with Gasteiger partial charge in [0.2, 0.25) is 0 Å². The molecule has 2 aliphatic rings. The molecule has 3 rings (SSSR count). The van der Waals surface area contributed by atoms with Crippen molar-refractivity contribution in [3.63, 3.8) is 0 Å². The molecule has 2 aliphatic heterocycles. The van der Waals surface area contributed by atoms with Crippen LogP contribution in [0.1, 0.15) is 82.4 Å². The molecule has 2 fully saturated rings. The first kappa shape index (κ1) is 29.9. The second kappa shape index (κ2) is 13.9. The number of thiocarbonyl (C=S) groups is 1. The normalized spacial score (nSPS) is 18.8. The van der Waals surface area contributed by atoms with Crippen LogP contribution in [0.5, 0.6) is 0 Å². The summed E-state index contributed by atoms with van der Waals surface area (Å²) in [5.41, 5.74) is 0.876. The lowest BCUT2D eigenvalue weighted by Crippen LogP contribution is -2.43. The molecule has 10 heteroatoms. The zero-order valence-electron chi connectivity index (χ0n) is 22.9. The predicted molar refractivity (Wildman–Crippen MR) is 156 cm³/mol. The maximum Gasteiger partial charge on any atom is 0.310 e. The predicted octanol–water partition coefficient (Wildman–Crippen LogP) is 5.00. The molecule has 0 aliphatic carbocycles. The van der Waals surface area contributed by atoms with Gasteiger partial charge in [-0.05, 0) is 51.7 Å². The lowest BCUT2D eigenvalue weighted by atomic mass is 9.96. The highest BCUT2D eigenvalue weighted by atomic mass is 32.2. The van der Waals surface area contributed by atoms with Crippen molar-refractivity contribution >= 4 is 52.1 Å². The third kappa shape index (κ3) is 6.49. The Balaban J connectivity index is 2.02. The third-order valence-corrected chi connectivity index (χ3v) is 8.52. The van der Waals surface area contributed by atoms with Crippen molar-refractivity contribution in [1.82, 2.24) is 9.47 Å². The molecule has 0 bridgehead atoms. The van der Waals surface area contributed by atoms with E-state index >= 15 is 0 Å². The van der Waals surface area contributed by atoms with E-state index in [4.69, 9.17) is 17.0 Å². The quantitative estimate of drug-likeness (QED) is 0.162. The summed E-state index contributed by atoms with van der Waals surface area (Å²) in [5.74, 6) is -0.0578. The highest BCUT2D eigenvalue weighted by Crippen LogP contribution is 2.37. The van der Waals surface area contributed by atoms with Gasteiger partial charge in [0.15, 0.2) is 0 Å². The van der Waals surface area contributed by atoms with Gasteiger partial charge in [-0.3, -0.25) is 23.9 Å². The Morgan fingerprint density at radius 3 is 2.61 bits per heavy atom.